The van der Waals surface area contributed by atoms with Crippen LogP contribution < -0.4 is 10.6 Å². The van der Waals surface area contributed by atoms with Crippen LogP contribution in [0.25, 0.3) is 0 Å². The molecule has 196 valence electrons. The van der Waals surface area contributed by atoms with Crippen LogP contribution in [-0.2, 0) is 9.47 Å². The van der Waals surface area contributed by atoms with E-state index < -0.39 is 70.9 Å². The number of alkyl halides is 2. The first-order chi connectivity index (χ1) is 15.7. The molecule has 4 rings (SSSR count). The van der Waals surface area contributed by atoms with Crippen LogP contribution in [0.5, 0.6) is 0 Å². The van der Waals surface area contributed by atoms with Crippen LogP contribution in [0.2, 0.25) is 0 Å². The lowest BCUT2D eigenvalue weighted by atomic mass is 9.89. The van der Waals surface area contributed by atoms with Crippen LogP contribution >= 0.6 is 23.5 Å². The Morgan fingerprint density at radius 1 is 0.765 bits per heavy atom. The Morgan fingerprint density at radius 3 is 1.35 bits per heavy atom. The van der Waals surface area contributed by atoms with Gasteiger partial charge in [0.1, 0.15) is 35.3 Å². The van der Waals surface area contributed by atoms with E-state index in [1.807, 2.05) is 0 Å². The molecule has 4 saturated heterocycles. The SMILES string of the molecule is CN=C1N[C@@H]2[C@@H](F)[C@H](O)[C@@H](C(C)(C)O)O[C@@H]2S1.CN=C1N[C@@H]2[C@@H](F)[C@H](O)[C@@H](C(C)(C)O)O[C@@H]2S1. The number of ether oxygens (including phenoxy) is 2. The topological polar surface area (TPSA) is 148 Å². The predicted molar refractivity (Wildman–Crippen MR) is 127 cm³/mol. The molecule has 0 unspecified atom stereocenters. The van der Waals surface area contributed by atoms with Gasteiger partial charge in [-0.15, -0.1) is 0 Å². The maximum absolute atomic E-state index is 14.1. The summed E-state index contributed by atoms with van der Waals surface area (Å²) < 4.78 is 39.2. The van der Waals surface area contributed by atoms with Crippen molar-refractivity contribution < 1.29 is 38.7 Å². The van der Waals surface area contributed by atoms with Crippen LogP contribution in [0, 0.1) is 0 Å². The second kappa shape index (κ2) is 10.3. The highest BCUT2D eigenvalue weighted by Gasteiger charge is 2.54. The first-order valence-electron chi connectivity index (χ1n) is 10.9. The number of amidine groups is 2. The zero-order valence-electron chi connectivity index (χ0n) is 19.8. The van der Waals surface area contributed by atoms with E-state index in [0.717, 1.165) is 0 Å². The molecule has 6 N–H and O–H groups in total. The Hall–Kier alpha value is -0.740. The molecule has 4 fully saturated rings. The van der Waals surface area contributed by atoms with Crippen molar-refractivity contribution in [3.05, 3.63) is 0 Å². The number of aliphatic imine (C=N–C) groups is 2. The summed E-state index contributed by atoms with van der Waals surface area (Å²) in [5.41, 5.74) is -3.52. The van der Waals surface area contributed by atoms with Crippen molar-refractivity contribution in [1.29, 1.82) is 0 Å². The minimum absolute atomic E-state index is 0.469. The summed E-state index contributed by atoms with van der Waals surface area (Å²) in [5.74, 6) is 0. The first kappa shape index (κ1) is 27.8. The first-order valence-corrected chi connectivity index (χ1v) is 12.6. The van der Waals surface area contributed by atoms with Crippen LogP contribution in [0.15, 0.2) is 9.98 Å². The van der Waals surface area contributed by atoms with Crippen LogP contribution in [-0.4, -0.2) is 116 Å². The fourth-order valence-electron chi connectivity index (χ4n) is 4.15. The second-order valence-corrected chi connectivity index (χ2v) is 11.8. The van der Waals surface area contributed by atoms with E-state index in [-0.39, 0.29) is 0 Å². The van der Waals surface area contributed by atoms with Gasteiger partial charge in [0.2, 0.25) is 0 Å². The lowest BCUT2D eigenvalue weighted by molar-refractivity contribution is -0.197. The number of thioether (sulfide) groups is 2. The van der Waals surface area contributed by atoms with Gasteiger partial charge in [-0.1, -0.05) is 23.5 Å². The summed E-state index contributed by atoms with van der Waals surface area (Å²) in [6.45, 7) is 5.98. The molecule has 10 nitrogen and oxygen atoms in total. The predicted octanol–water partition coefficient (Wildman–Crippen LogP) is -0.256. The van der Waals surface area contributed by atoms with E-state index in [1.165, 1.54) is 51.2 Å². The Morgan fingerprint density at radius 2 is 1.09 bits per heavy atom. The molecule has 34 heavy (non-hydrogen) atoms. The largest absolute Gasteiger partial charge is 0.388 e. The highest BCUT2D eigenvalue weighted by molar-refractivity contribution is 8.14. The van der Waals surface area contributed by atoms with E-state index >= 15 is 0 Å². The van der Waals surface area contributed by atoms with E-state index in [4.69, 9.17) is 9.47 Å². The number of aliphatic hydroxyl groups is 4. The molecule has 0 amide bonds. The van der Waals surface area contributed by atoms with Crippen LogP contribution in [0.1, 0.15) is 27.7 Å². The number of rotatable bonds is 2. The third-order valence-corrected chi connectivity index (χ3v) is 8.26. The molecular formula is C20H34F2N4O6S2. The van der Waals surface area contributed by atoms with Gasteiger partial charge in [-0.05, 0) is 27.7 Å². The summed E-state index contributed by atoms with van der Waals surface area (Å²) in [4.78, 5) is 7.87. The zero-order valence-corrected chi connectivity index (χ0v) is 21.5. The molecule has 0 aromatic heterocycles. The minimum atomic E-state index is -1.49. The fraction of sp³-hybridized carbons (Fsp3) is 0.900. The normalized spacial score (nSPS) is 44.6. The Labute approximate surface area is 206 Å². The van der Waals surface area contributed by atoms with Gasteiger partial charge in [0, 0.05) is 14.1 Å². The Balaban J connectivity index is 0.000000191. The lowest BCUT2D eigenvalue weighted by Crippen LogP contribution is -2.62. The molecule has 4 aliphatic rings. The molecule has 0 saturated carbocycles. The summed E-state index contributed by atoms with van der Waals surface area (Å²) in [6, 6.07) is -1.24. The van der Waals surface area contributed by atoms with Gasteiger partial charge in [-0.25, -0.2) is 8.78 Å². The second-order valence-electron chi connectivity index (χ2n) is 9.66. The van der Waals surface area contributed by atoms with Gasteiger partial charge in [0.15, 0.2) is 22.7 Å². The molecule has 0 radical (unpaired) electrons. The molecule has 14 heteroatoms. The molecule has 0 aromatic rings. The van der Waals surface area contributed by atoms with Gasteiger partial charge >= 0.3 is 0 Å². The van der Waals surface area contributed by atoms with E-state index in [2.05, 4.69) is 20.6 Å². The molecule has 0 bridgehead atoms. The Kier molecular flexibility index (Phi) is 8.45. The van der Waals surface area contributed by atoms with Crippen molar-refractivity contribution >= 4 is 33.9 Å². The highest BCUT2D eigenvalue weighted by atomic mass is 32.2. The number of aliphatic hydroxyl groups excluding tert-OH is 2. The van der Waals surface area contributed by atoms with Crippen LogP contribution in [0.3, 0.4) is 0 Å². The van der Waals surface area contributed by atoms with E-state index in [0.29, 0.717) is 10.3 Å². The smallest absolute Gasteiger partial charge is 0.159 e. The fourth-order valence-corrected chi connectivity index (χ4v) is 6.29. The van der Waals surface area contributed by atoms with Gasteiger partial charge in [-0.2, -0.15) is 0 Å². The maximum atomic E-state index is 14.1. The van der Waals surface area contributed by atoms with Crippen molar-refractivity contribution in [2.45, 2.75) is 98.6 Å². The summed E-state index contributed by atoms with van der Waals surface area (Å²) >= 11 is 2.55. The summed E-state index contributed by atoms with van der Waals surface area (Å²) in [6.07, 6.45) is -7.55. The number of halogens is 2. The van der Waals surface area contributed by atoms with E-state index in [1.54, 1.807) is 14.1 Å². The molecular weight excluding hydrogens is 494 g/mol. The average molecular weight is 529 g/mol. The minimum Gasteiger partial charge on any atom is -0.388 e. The quantitative estimate of drug-likeness (QED) is 0.283. The third-order valence-electron chi connectivity index (χ3n) is 5.94. The van der Waals surface area contributed by atoms with Gasteiger partial charge in [0.05, 0.1) is 23.3 Å². The lowest BCUT2D eigenvalue weighted by Gasteiger charge is -2.42. The van der Waals surface area contributed by atoms with Crippen molar-refractivity contribution in [2.75, 3.05) is 14.1 Å². The van der Waals surface area contributed by atoms with Gasteiger partial charge in [0.25, 0.3) is 0 Å². The van der Waals surface area contributed by atoms with Gasteiger partial charge < -0.3 is 40.5 Å². The molecule has 0 aromatic carbocycles. The molecule has 10 atom stereocenters. The maximum Gasteiger partial charge on any atom is 0.159 e. The molecule has 0 aliphatic carbocycles. The molecule has 0 spiro atoms. The number of nitrogens with zero attached hydrogens (tertiary/aromatic N) is 2. The average Bonchev–Trinajstić information content (AvgIpc) is 3.36. The van der Waals surface area contributed by atoms with Crippen molar-refractivity contribution in [3.8, 4) is 0 Å². The van der Waals surface area contributed by atoms with Crippen LogP contribution in [0.4, 0.5) is 8.78 Å². The third kappa shape index (κ3) is 5.64. The highest BCUT2D eigenvalue weighted by Crippen LogP contribution is 2.39. The van der Waals surface area contributed by atoms with Crippen molar-refractivity contribution in [3.63, 3.8) is 0 Å². The summed E-state index contributed by atoms with van der Waals surface area (Å²) in [5, 5.41) is 46.3. The number of fused-ring (bicyclic) bond motifs is 2. The van der Waals surface area contributed by atoms with Crippen molar-refractivity contribution in [1.82, 2.24) is 10.6 Å². The van der Waals surface area contributed by atoms with E-state index in [9.17, 15) is 29.2 Å². The number of hydrogen-bond donors (Lipinski definition) is 6. The Bertz CT molecular complexity index is 732. The van der Waals surface area contributed by atoms with Crippen molar-refractivity contribution in [2.24, 2.45) is 9.98 Å². The van der Waals surface area contributed by atoms with Gasteiger partial charge in [-0.3, -0.25) is 9.98 Å². The standard InChI is InChI=1S/2C10H17FN2O3S/c2*1-10(2,15)7-6(14)4(11)5-8(16-7)17-9(12-3)13-5/h2*4-8,14-15H,1-3H3,(H,12,13)/t2*4-,5-,6+,7+,8-/m11/s1. The number of nitrogens with one attached hydrogen (secondary N) is 2. The zero-order chi connectivity index (χ0) is 25.6. The molecule has 4 aliphatic heterocycles. The monoisotopic (exact) mass is 528 g/mol. The summed E-state index contributed by atoms with van der Waals surface area (Å²) in [7, 11) is 3.20. The molecule has 4 heterocycles. The number of hydrogen-bond acceptors (Lipinski definition) is 10.